The lowest BCUT2D eigenvalue weighted by atomic mass is 9.84. The van der Waals surface area contributed by atoms with E-state index in [1.54, 1.807) is 0 Å². The number of pyridine rings is 2. The first kappa shape index (κ1) is 14.6. The van der Waals surface area contributed by atoms with Crippen LogP contribution in [0.15, 0.2) is 67.0 Å². The van der Waals surface area contributed by atoms with Gasteiger partial charge < -0.3 is 0 Å². The lowest BCUT2D eigenvalue weighted by Gasteiger charge is -2.38. The first-order valence-corrected chi connectivity index (χ1v) is 9.82. The van der Waals surface area contributed by atoms with Gasteiger partial charge in [0.25, 0.3) is 0 Å². The van der Waals surface area contributed by atoms with E-state index in [-0.39, 0.29) is 0 Å². The number of aromatic nitrogens is 2. The highest BCUT2D eigenvalue weighted by Crippen LogP contribution is 2.53. The molecule has 1 aliphatic carbocycles. The summed E-state index contributed by atoms with van der Waals surface area (Å²) < 4.78 is 0. The molecule has 2 aromatic heterocycles. The standard InChI is InChI=1S/C25H17N3/c1-2-8-19-15(5-1)12-21-20(19)14-18-11-16-6-3-9-26-24(16)28-23(18)22(21)13-17-7-4-10-27-25(17)28/h1-10,14H,11-13H2. The van der Waals surface area contributed by atoms with Gasteiger partial charge in [-0.05, 0) is 69.1 Å². The molecule has 0 spiro atoms. The second-order valence-corrected chi connectivity index (χ2v) is 7.88. The van der Waals surface area contributed by atoms with E-state index in [1.807, 2.05) is 24.5 Å². The van der Waals surface area contributed by atoms with E-state index in [4.69, 9.17) is 9.97 Å². The van der Waals surface area contributed by atoms with Crippen LogP contribution in [0.3, 0.4) is 0 Å². The minimum Gasteiger partial charge on any atom is -0.278 e. The highest BCUT2D eigenvalue weighted by molar-refractivity contribution is 5.91. The third-order valence-corrected chi connectivity index (χ3v) is 6.40. The van der Waals surface area contributed by atoms with Crippen LogP contribution in [0.5, 0.6) is 0 Å². The van der Waals surface area contributed by atoms with Gasteiger partial charge in [-0.1, -0.05) is 36.4 Å². The van der Waals surface area contributed by atoms with Gasteiger partial charge in [0.2, 0.25) is 0 Å². The maximum absolute atomic E-state index is 4.76. The summed E-state index contributed by atoms with van der Waals surface area (Å²) in [6.07, 6.45) is 6.68. The van der Waals surface area contributed by atoms with E-state index < -0.39 is 0 Å². The van der Waals surface area contributed by atoms with Gasteiger partial charge in [0.05, 0.1) is 5.69 Å². The molecule has 0 N–H and O–H groups in total. The second kappa shape index (κ2) is 5.08. The van der Waals surface area contributed by atoms with Crippen molar-refractivity contribution in [1.82, 2.24) is 9.97 Å². The summed E-state index contributed by atoms with van der Waals surface area (Å²) in [6, 6.07) is 19.8. The summed E-state index contributed by atoms with van der Waals surface area (Å²) in [5.41, 5.74) is 12.5. The molecule has 0 amide bonds. The molecular formula is C25H17N3. The van der Waals surface area contributed by atoms with Crippen molar-refractivity contribution in [2.75, 3.05) is 4.90 Å². The molecule has 4 aromatic rings. The lowest BCUT2D eigenvalue weighted by molar-refractivity contribution is 0.945. The summed E-state index contributed by atoms with van der Waals surface area (Å²) in [7, 11) is 0. The average Bonchev–Trinajstić information content (AvgIpc) is 3.12. The van der Waals surface area contributed by atoms with Crippen LogP contribution in [0.25, 0.3) is 11.1 Å². The Bertz CT molecular complexity index is 1290. The Labute approximate surface area is 163 Å². The van der Waals surface area contributed by atoms with Crippen molar-refractivity contribution in [1.29, 1.82) is 0 Å². The molecule has 0 radical (unpaired) electrons. The minimum absolute atomic E-state index is 0.930. The van der Waals surface area contributed by atoms with Crippen molar-refractivity contribution in [2.45, 2.75) is 19.3 Å². The lowest BCUT2D eigenvalue weighted by Crippen LogP contribution is -2.27. The molecule has 132 valence electrons. The molecule has 7 rings (SSSR count). The maximum Gasteiger partial charge on any atom is 0.142 e. The Kier molecular flexibility index (Phi) is 2.64. The van der Waals surface area contributed by atoms with Crippen molar-refractivity contribution in [2.24, 2.45) is 0 Å². The Morgan fingerprint density at radius 2 is 1.29 bits per heavy atom. The van der Waals surface area contributed by atoms with Gasteiger partial charge in [-0.3, -0.25) is 4.90 Å². The quantitative estimate of drug-likeness (QED) is 0.367. The zero-order valence-corrected chi connectivity index (χ0v) is 15.3. The predicted molar refractivity (Wildman–Crippen MR) is 111 cm³/mol. The van der Waals surface area contributed by atoms with Crippen LogP contribution in [0.1, 0.15) is 33.4 Å². The van der Waals surface area contributed by atoms with Gasteiger partial charge in [-0.2, -0.15) is 0 Å². The summed E-state index contributed by atoms with van der Waals surface area (Å²) >= 11 is 0. The zero-order chi connectivity index (χ0) is 18.2. The molecule has 2 aromatic carbocycles. The molecule has 3 heteroatoms. The van der Waals surface area contributed by atoms with Crippen LogP contribution >= 0.6 is 0 Å². The van der Waals surface area contributed by atoms with Gasteiger partial charge in [-0.25, -0.2) is 9.97 Å². The molecule has 2 aliphatic heterocycles. The molecule has 3 aliphatic rings. The number of fused-ring (bicyclic) bond motifs is 8. The summed E-state index contributed by atoms with van der Waals surface area (Å²) in [4.78, 5) is 11.8. The zero-order valence-electron chi connectivity index (χ0n) is 15.3. The minimum atomic E-state index is 0.930. The number of hydrogen-bond acceptors (Lipinski definition) is 3. The first-order chi connectivity index (χ1) is 13.9. The van der Waals surface area contributed by atoms with E-state index in [2.05, 4.69) is 47.4 Å². The topological polar surface area (TPSA) is 29.0 Å². The van der Waals surface area contributed by atoms with E-state index in [0.717, 1.165) is 30.9 Å². The summed E-state index contributed by atoms with van der Waals surface area (Å²) in [6.45, 7) is 0. The van der Waals surface area contributed by atoms with Crippen LogP contribution < -0.4 is 4.90 Å². The van der Waals surface area contributed by atoms with Crippen molar-refractivity contribution < 1.29 is 0 Å². The monoisotopic (exact) mass is 359 g/mol. The van der Waals surface area contributed by atoms with E-state index in [0.29, 0.717) is 0 Å². The third kappa shape index (κ3) is 1.74. The molecule has 0 unspecified atom stereocenters. The molecule has 0 atom stereocenters. The highest BCUT2D eigenvalue weighted by Gasteiger charge is 2.36. The van der Waals surface area contributed by atoms with Crippen LogP contribution in [-0.2, 0) is 19.3 Å². The van der Waals surface area contributed by atoms with Crippen molar-refractivity contribution in [3.63, 3.8) is 0 Å². The van der Waals surface area contributed by atoms with Gasteiger partial charge in [0, 0.05) is 25.2 Å². The van der Waals surface area contributed by atoms with Gasteiger partial charge in [-0.15, -0.1) is 0 Å². The number of hydrogen-bond donors (Lipinski definition) is 0. The predicted octanol–water partition coefficient (Wildman–Crippen LogP) is 5.33. The third-order valence-electron chi connectivity index (χ3n) is 6.40. The van der Waals surface area contributed by atoms with Gasteiger partial charge >= 0.3 is 0 Å². The van der Waals surface area contributed by atoms with Gasteiger partial charge in [0.1, 0.15) is 11.6 Å². The average molecular weight is 359 g/mol. The van der Waals surface area contributed by atoms with Crippen LogP contribution in [0, 0.1) is 0 Å². The fourth-order valence-corrected chi connectivity index (χ4v) is 5.25. The van der Waals surface area contributed by atoms with Gasteiger partial charge in [0.15, 0.2) is 0 Å². The van der Waals surface area contributed by atoms with Crippen molar-refractivity contribution in [3.05, 3.63) is 100 Å². The SMILES string of the molecule is c1ccc2c(c1)Cc1c-2cc2c3c1Cc1cccnc1N3c1ncccc1C2. The number of nitrogens with zero attached hydrogens (tertiary/aromatic N) is 3. The molecule has 28 heavy (non-hydrogen) atoms. The Morgan fingerprint density at radius 1 is 0.607 bits per heavy atom. The highest BCUT2D eigenvalue weighted by atomic mass is 15.3. The van der Waals surface area contributed by atoms with Crippen molar-refractivity contribution >= 4 is 17.3 Å². The van der Waals surface area contributed by atoms with E-state index in [9.17, 15) is 0 Å². The Hall–Kier alpha value is -3.46. The first-order valence-electron chi connectivity index (χ1n) is 9.82. The molecule has 0 saturated carbocycles. The molecule has 3 nitrogen and oxygen atoms in total. The molecule has 0 bridgehead atoms. The smallest absolute Gasteiger partial charge is 0.142 e. The normalized spacial score (nSPS) is 14.6. The number of anilines is 3. The fourth-order valence-electron chi connectivity index (χ4n) is 5.25. The Morgan fingerprint density at radius 3 is 2.11 bits per heavy atom. The maximum atomic E-state index is 4.76. The molecule has 0 saturated heterocycles. The van der Waals surface area contributed by atoms with Crippen LogP contribution in [0.2, 0.25) is 0 Å². The largest absolute Gasteiger partial charge is 0.278 e. The molecular weight excluding hydrogens is 342 g/mol. The van der Waals surface area contributed by atoms with Crippen LogP contribution in [-0.4, -0.2) is 9.97 Å². The molecule has 4 heterocycles. The molecule has 0 fully saturated rings. The van der Waals surface area contributed by atoms with E-state index in [1.165, 1.54) is 50.2 Å². The van der Waals surface area contributed by atoms with E-state index >= 15 is 0 Å². The summed E-state index contributed by atoms with van der Waals surface area (Å²) in [5.74, 6) is 2.07. The van der Waals surface area contributed by atoms with Crippen molar-refractivity contribution in [3.8, 4) is 11.1 Å². The number of benzene rings is 2. The fraction of sp³-hybridized carbons (Fsp3) is 0.120. The summed E-state index contributed by atoms with van der Waals surface area (Å²) in [5, 5.41) is 0. The number of rotatable bonds is 0. The van der Waals surface area contributed by atoms with Crippen LogP contribution in [0.4, 0.5) is 17.3 Å². The second-order valence-electron chi connectivity index (χ2n) is 7.88. The Balaban J connectivity index is 1.58.